The Hall–Kier alpha value is -3.46. The van der Waals surface area contributed by atoms with Crippen LogP contribution in [0, 0.1) is 17.2 Å². The molecular formula is C26H27N3O3. The molecule has 2 aromatic carbocycles. The van der Waals surface area contributed by atoms with Gasteiger partial charge in [-0.05, 0) is 49.6 Å². The molecule has 0 bridgehead atoms. The molecule has 1 heterocycles. The first-order chi connectivity index (χ1) is 15.5. The second-order valence-corrected chi connectivity index (χ2v) is 8.61. The fourth-order valence-electron chi connectivity index (χ4n) is 4.86. The lowest BCUT2D eigenvalue weighted by molar-refractivity contribution is -0.145. The van der Waals surface area contributed by atoms with E-state index in [-0.39, 0.29) is 36.1 Å². The number of hydrogen-bond acceptors (Lipinski definition) is 4. The van der Waals surface area contributed by atoms with Gasteiger partial charge in [0, 0.05) is 5.92 Å². The Morgan fingerprint density at radius 1 is 1.03 bits per heavy atom. The number of hydrogen-bond donors (Lipinski definition) is 0. The van der Waals surface area contributed by atoms with Gasteiger partial charge >= 0.3 is 0 Å². The van der Waals surface area contributed by atoms with Crippen LogP contribution in [0.25, 0.3) is 0 Å². The average Bonchev–Trinajstić information content (AvgIpc) is 3.13. The monoisotopic (exact) mass is 429 g/mol. The van der Waals surface area contributed by atoms with E-state index in [0.717, 1.165) is 42.6 Å². The largest absolute Gasteiger partial charge is 0.323 e. The fraction of sp³-hybridized carbons (Fsp3) is 0.385. The minimum absolute atomic E-state index is 0.0333. The summed E-state index contributed by atoms with van der Waals surface area (Å²) in [7, 11) is 0. The Morgan fingerprint density at radius 2 is 1.69 bits per heavy atom. The number of carbonyl (C=O) groups is 3. The number of nitrogens with zero attached hydrogens (tertiary/aromatic N) is 3. The van der Waals surface area contributed by atoms with E-state index in [1.54, 1.807) is 29.2 Å². The van der Waals surface area contributed by atoms with Crippen molar-refractivity contribution in [2.45, 2.75) is 57.5 Å². The quantitative estimate of drug-likeness (QED) is 0.662. The second-order valence-electron chi connectivity index (χ2n) is 8.61. The number of carbonyl (C=O) groups excluding carboxylic acids is 3. The first-order valence-corrected chi connectivity index (χ1v) is 11.3. The minimum atomic E-state index is -0.831. The lowest BCUT2D eigenvalue weighted by atomic mass is 9.87. The molecule has 2 atom stereocenters. The van der Waals surface area contributed by atoms with Crippen molar-refractivity contribution in [2.75, 3.05) is 4.90 Å². The van der Waals surface area contributed by atoms with Gasteiger partial charge in [-0.25, -0.2) is 4.90 Å². The Labute approximate surface area is 188 Å². The molecule has 1 aliphatic carbocycles. The highest BCUT2D eigenvalue weighted by Crippen LogP contribution is 2.35. The van der Waals surface area contributed by atoms with Crippen LogP contribution in [0.1, 0.15) is 62.6 Å². The maximum absolute atomic E-state index is 13.7. The normalized spacial score (nSPS) is 20.1. The first kappa shape index (κ1) is 21.8. The van der Waals surface area contributed by atoms with Crippen LogP contribution in [0.3, 0.4) is 0 Å². The van der Waals surface area contributed by atoms with Crippen LogP contribution < -0.4 is 4.90 Å². The number of imide groups is 1. The summed E-state index contributed by atoms with van der Waals surface area (Å²) < 4.78 is 0. The zero-order valence-corrected chi connectivity index (χ0v) is 18.2. The topological polar surface area (TPSA) is 81.5 Å². The molecule has 6 heteroatoms. The summed E-state index contributed by atoms with van der Waals surface area (Å²) in [5, 5.41) is 9.03. The maximum atomic E-state index is 13.7. The summed E-state index contributed by atoms with van der Waals surface area (Å²) >= 11 is 0. The predicted molar refractivity (Wildman–Crippen MR) is 120 cm³/mol. The van der Waals surface area contributed by atoms with Crippen molar-refractivity contribution in [2.24, 2.45) is 5.92 Å². The van der Waals surface area contributed by atoms with Crippen molar-refractivity contribution >= 4 is 23.4 Å². The molecule has 2 aliphatic rings. The van der Waals surface area contributed by atoms with Gasteiger partial charge in [0.15, 0.2) is 0 Å². The highest BCUT2D eigenvalue weighted by molar-refractivity contribution is 6.23. The molecule has 3 amide bonds. The summed E-state index contributed by atoms with van der Waals surface area (Å²) in [6.45, 7) is 1.93. The lowest BCUT2D eigenvalue weighted by Gasteiger charge is -2.37. The van der Waals surface area contributed by atoms with Crippen molar-refractivity contribution in [3.63, 3.8) is 0 Å². The Balaban J connectivity index is 1.67. The maximum Gasteiger partial charge on any atom is 0.257 e. The highest BCUT2D eigenvalue weighted by atomic mass is 16.2. The molecule has 1 saturated heterocycles. The van der Waals surface area contributed by atoms with E-state index in [1.807, 2.05) is 43.3 Å². The first-order valence-electron chi connectivity index (χ1n) is 11.3. The lowest BCUT2D eigenvalue weighted by Crippen LogP contribution is -2.49. The van der Waals surface area contributed by atoms with Crippen LogP contribution in [-0.2, 0) is 14.4 Å². The Bertz CT molecular complexity index is 1040. The summed E-state index contributed by atoms with van der Waals surface area (Å²) in [6.07, 6.45) is 4.77. The smallest absolute Gasteiger partial charge is 0.257 e. The van der Waals surface area contributed by atoms with Crippen molar-refractivity contribution in [3.05, 3.63) is 65.7 Å². The van der Waals surface area contributed by atoms with Gasteiger partial charge < -0.3 is 4.90 Å². The van der Waals surface area contributed by atoms with Gasteiger partial charge in [-0.1, -0.05) is 49.6 Å². The Kier molecular flexibility index (Phi) is 6.36. The zero-order valence-electron chi connectivity index (χ0n) is 18.2. The van der Waals surface area contributed by atoms with E-state index in [1.165, 1.54) is 0 Å². The van der Waals surface area contributed by atoms with Crippen molar-refractivity contribution in [1.29, 1.82) is 5.26 Å². The number of nitriles is 1. The molecule has 164 valence electrons. The number of rotatable bonds is 5. The molecular weight excluding hydrogens is 402 g/mol. The molecule has 1 saturated carbocycles. The van der Waals surface area contributed by atoms with Gasteiger partial charge in [0.2, 0.25) is 11.8 Å². The van der Waals surface area contributed by atoms with E-state index < -0.39 is 6.04 Å². The summed E-state index contributed by atoms with van der Waals surface area (Å²) in [6, 6.07) is 16.9. The zero-order chi connectivity index (χ0) is 22.7. The van der Waals surface area contributed by atoms with E-state index in [0.29, 0.717) is 11.3 Å². The molecule has 2 aromatic rings. The van der Waals surface area contributed by atoms with Crippen molar-refractivity contribution in [1.82, 2.24) is 4.90 Å². The van der Waals surface area contributed by atoms with Crippen LogP contribution in [0.2, 0.25) is 0 Å². The van der Waals surface area contributed by atoms with Gasteiger partial charge in [-0.3, -0.25) is 14.4 Å². The molecule has 4 rings (SSSR count). The third kappa shape index (κ3) is 4.16. The molecule has 0 aromatic heterocycles. The van der Waals surface area contributed by atoms with E-state index >= 15 is 0 Å². The Morgan fingerprint density at radius 3 is 2.31 bits per heavy atom. The van der Waals surface area contributed by atoms with E-state index in [2.05, 4.69) is 0 Å². The summed E-state index contributed by atoms with van der Waals surface area (Å²) in [5.41, 5.74) is 1.82. The van der Waals surface area contributed by atoms with Crippen molar-refractivity contribution in [3.8, 4) is 6.07 Å². The summed E-state index contributed by atoms with van der Waals surface area (Å²) in [4.78, 5) is 42.9. The predicted octanol–water partition coefficient (Wildman–Crippen LogP) is 4.36. The van der Waals surface area contributed by atoms with Crippen LogP contribution in [-0.4, -0.2) is 28.7 Å². The van der Waals surface area contributed by atoms with Crippen LogP contribution in [0.4, 0.5) is 5.69 Å². The third-order valence-corrected chi connectivity index (χ3v) is 6.62. The van der Waals surface area contributed by atoms with Crippen molar-refractivity contribution < 1.29 is 14.4 Å². The number of benzene rings is 2. The van der Waals surface area contributed by atoms with Gasteiger partial charge in [0.25, 0.3) is 5.91 Å². The highest BCUT2D eigenvalue weighted by Gasteiger charge is 2.47. The fourth-order valence-corrected chi connectivity index (χ4v) is 4.86. The molecule has 2 unspecified atom stereocenters. The molecule has 1 aliphatic heterocycles. The summed E-state index contributed by atoms with van der Waals surface area (Å²) in [5.74, 6) is -0.853. The van der Waals surface area contributed by atoms with Gasteiger partial charge in [-0.2, -0.15) is 5.26 Å². The molecule has 32 heavy (non-hydrogen) atoms. The molecule has 0 spiro atoms. The molecule has 0 radical (unpaired) electrons. The van der Waals surface area contributed by atoms with Crippen LogP contribution in [0.15, 0.2) is 54.6 Å². The number of amides is 3. The molecule has 2 fully saturated rings. The van der Waals surface area contributed by atoms with Gasteiger partial charge in [0.05, 0.1) is 29.8 Å². The van der Waals surface area contributed by atoms with E-state index in [9.17, 15) is 14.4 Å². The van der Waals surface area contributed by atoms with Gasteiger partial charge in [-0.15, -0.1) is 0 Å². The van der Waals surface area contributed by atoms with E-state index in [4.69, 9.17) is 5.26 Å². The average molecular weight is 430 g/mol. The van der Waals surface area contributed by atoms with Crippen LogP contribution >= 0.6 is 0 Å². The second kappa shape index (κ2) is 9.35. The van der Waals surface area contributed by atoms with Gasteiger partial charge in [0.1, 0.15) is 6.04 Å². The molecule has 0 N–H and O–H groups in total. The number of anilines is 1. The van der Waals surface area contributed by atoms with Crippen LogP contribution in [0.5, 0.6) is 0 Å². The standard InChI is InChI=1S/C26H27N3O3/c1-18(20-8-4-2-5-9-20)28(25(31)21-10-6-3-7-11-21)23-16-24(30)29(26(23)32)22-14-12-19(17-27)13-15-22/h2,4-5,8-9,12-15,18,21,23H,3,6-7,10-11,16H2,1H3. The molecule has 6 nitrogen and oxygen atoms in total. The SMILES string of the molecule is CC(c1ccccc1)N(C(=O)C1CCCCC1)C1CC(=O)N(c2ccc(C#N)cc2)C1=O. The minimum Gasteiger partial charge on any atom is -0.323 e. The third-order valence-electron chi connectivity index (χ3n) is 6.62.